The molecule has 0 saturated carbocycles. The second-order valence-electron chi connectivity index (χ2n) is 4.46. The Kier molecular flexibility index (Phi) is 5.15. The summed E-state index contributed by atoms with van der Waals surface area (Å²) < 4.78 is 0. The molecule has 2 aromatic rings. The second-order valence-corrected chi connectivity index (χ2v) is 6.45. The normalized spacial score (nSPS) is 10.5. The summed E-state index contributed by atoms with van der Waals surface area (Å²) >= 11 is 3.32. The number of carboxylic acids is 1. The Balaban J connectivity index is 2.25. The van der Waals surface area contributed by atoms with Crippen LogP contribution in [0, 0.1) is 6.92 Å². The van der Waals surface area contributed by atoms with E-state index in [0.717, 1.165) is 20.9 Å². The average Bonchev–Trinajstić information content (AvgIpc) is 2.42. The van der Waals surface area contributed by atoms with Gasteiger partial charge in [-0.15, -0.1) is 11.8 Å². The Labute approximate surface area is 127 Å². The van der Waals surface area contributed by atoms with Gasteiger partial charge in [0.15, 0.2) is 0 Å². The van der Waals surface area contributed by atoms with E-state index in [0.29, 0.717) is 0 Å². The van der Waals surface area contributed by atoms with Crippen LogP contribution in [0.3, 0.4) is 0 Å². The maximum atomic E-state index is 11.0. The monoisotopic (exact) mass is 304 g/mol. The van der Waals surface area contributed by atoms with Gasteiger partial charge in [0.2, 0.25) is 0 Å². The zero-order chi connectivity index (χ0) is 14.5. The molecule has 0 aliphatic carbocycles. The predicted molar refractivity (Wildman–Crippen MR) is 84.9 cm³/mol. The third-order valence-electron chi connectivity index (χ3n) is 2.84. The Bertz CT molecular complexity index is 606. The van der Waals surface area contributed by atoms with E-state index in [1.807, 2.05) is 31.4 Å². The molecular formula is C16H16O2S2. The number of aliphatic carboxylic acids is 1. The summed E-state index contributed by atoms with van der Waals surface area (Å²) in [4.78, 5) is 14.3. The van der Waals surface area contributed by atoms with Crippen molar-refractivity contribution in [1.82, 2.24) is 0 Å². The quantitative estimate of drug-likeness (QED) is 0.826. The van der Waals surface area contributed by atoms with Gasteiger partial charge in [0.1, 0.15) is 0 Å². The molecule has 2 rings (SSSR count). The molecule has 0 aromatic heterocycles. The third kappa shape index (κ3) is 4.05. The van der Waals surface area contributed by atoms with Crippen molar-refractivity contribution < 1.29 is 9.90 Å². The zero-order valence-corrected chi connectivity index (χ0v) is 13.1. The van der Waals surface area contributed by atoms with Crippen molar-refractivity contribution in [3.05, 3.63) is 53.6 Å². The number of rotatable bonds is 5. The Hall–Kier alpha value is -1.39. The van der Waals surface area contributed by atoms with Crippen molar-refractivity contribution in [2.45, 2.75) is 28.0 Å². The highest BCUT2D eigenvalue weighted by atomic mass is 32.2. The fourth-order valence-corrected chi connectivity index (χ4v) is 3.21. The highest BCUT2D eigenvalue weighted by Gasteiger charge is 2.09. The molecule has 0 bridgehead atoms. The van der Waals surface area contributed by atoms with Crippen LogP contribution in [0.15, 0.2) is 57.2 Å². The van der Waals surface area contributed by atoms with E-state index in [-0.39, 0.29) is 6.42 Å². The van der Waals surface area contributed by atoms with Crippen molar-refractivity contribution in [3.8, 4) is 0 Å². The molecule has 0 atom stereocenters. The summed E-state index contributed by atoms with van der Waals surface area (Å²) in [6.07, 6.45) is 2.11. The van der Waals surface area contributed by atoms with Gasteiger partial charge in [-0.1, -0.05) is 29.5 Å². The molecule has 0 aliphatic rings. The zero-order valence-electron chi connectivity index (χ0n) is 11.4. The van der Waals surface area contributed by atoms with E-state index in [4.69, 9.17) is 5.11 Å². The molecule has 0 heterocycles. The molecule has 2 nitrogen and oxygen atoms in total. The number of carbonyl (C=O) groups is 1. The van der Waals surface area contributed by atoms with Gasteiger partial charge in [0.05, 0.1) is 6.42 Å². The van der Waals surface area contributed by atoms with Crippen LogP contribution in [-0.2, 0) is 11.2 Å². The predicted octanol–water partition coefficient (Wildman–Crippen LogP) is 4.50. The lowest BCUT2D eigenvalue weighted by molar-refractivity contribution is -0.136. The molecule has 104 valence electrons. The molecule has 0 aliphatic heterocycles. The van der Waals surface area contributed by atoms with Crippen LogP contribution in [0.5, 0.6) is 0 Å². The van der Waals surface area contributed by atoms with E-state index in [1.54, 1.807) is 23.5 Å². The highest BCUT2D eigenvalue weighted by Crippen LogP contribution is 2.32. The Morgan fingerprint density at radius 1 is 1.10 bits per heavy atom. The summed E-state index contributed by atoms with van der Waals surface area (Å²) in [5, 5.41) is 9.00. The van der Waals surface area contributed by atoms with Crippen molar-refractivity contribution in [2.24, 2.45) is 0 Å². The first-order valence-corrected chi connectivity index (χ1v) is 8.26. The Morgan fingerprint density at radius 3 is 2.35 bits per heavy atom. The van der Waals surface area contributed by atoms with Gasteiger partial charge in [-0.3, -0.25) is 4.79 Å². The summed E-state index contributed by atoms with van der Waals surface area (Å²) in [6, 6.07) is 14.3. The molecule has 4 heteroatoms. The van der Waals surface area contributed by atoms with Crippen LogP contribution >= 0.6 is 23.5 Å². The van der Waals surface area contributed by atoms with E-state index in [1.165, 1.54) is 4.90 Å². The van der Waals surface area contributed by atoms with Crippen LogP contribution in [0.2, 0.25) is 0 Å². The topological polar surface area (TPSA) is 37.3 Å². The van der Waals surface area contributed by atoms with Crippen LogP contribution < -0.4 is 0 Å². The largest absolute Gasteiger partial charge is 0.481 e. The number of hydrogen-bond donors (Lipinski definition) is 1. The number of benzene rings is 2. The van der Waals surface area contributed by atoms with Crippen molar-refractivity contribution in [3.63, 3.8) is 0 Å². The van der Waals surface area contributed by atoms with Crippen LogP contribution in [0.1, 0.15) is 11.1 Å². The van der Waals surface area contributed by atoms with Crippen molar-refractivity contribution >= 4 is 29.5 Å². The van der Waals surface area contributed by atoms with Gasteiger partial charge in [0, 0.05) is 14.7 Å². The van der Waals surface area contributed by atoms with Crippen LogP contribution in [0.25, 0.3) is 0 Å². The SMILES string of the molecule is CSc1ccc(Sc2ccc(C)cc2CC(=O)O)cc1. The molecule has 2 aromatic carbocycles. The van der Waals surface area contributed by atoms with E-state index >= 15 is 0 Å². The highest BCUT2D eigenvalue weighted by molar-refractivity contribution is 7.99. The molecule has 1 N–H and O–H groups in total. The van der Waals surface area contributed by atoms with E-state index in [9.17, 15) is 4.79 Å². The number of aryl methyl sites for hydroxylation is 1. The molecule has 0 unspecified atom stereocenters. The second kappa shape index (κ2) is 6.86. The lowest BCUT2D eigenvalue weighted by atomic mass is 10.1. The lowest BCUT2D eigenvalue weighted by Crippen LogP contribution is -2.01. The summed E-state index contributed by atoms with van der Waals surface area (Å²) in [5.41, 5.74) is 1.96. The molecule has 0 fully saturated rings. The van der Waals surface area contributed by atoms with Gasteiger partial charge < -0.3 is 5.11 Å². The summed E-state index contributed by atoms with van der Waals surface area (Å²) in [5.74, 6) is -0.796. The van der Waals surface area contributed by atoms with Gasteiger partial charge >= 0.3 is 5.97 Å². The number of carboxylic acid groups (broad SMARTS) is 1. The first-order valence-electron chi connectivity index (χ1n) is 6.21. The van der Waals surface area contributed by atoms with Crippen molar-refractivity contribution in [2.75, 3.05) is 6.26 Å². The van der Waals surface area contributed by atoms with Crippen molar-refractivity contribution in [1.29, 1.82) is 0 Å². The maximum Gasteiger partial charge on any atom is 0.307 e. The van der Waals surface area contributed by atoms with Gasteiger partial charge in [-0.05, 0) is 49.1 Å². The molecule has 0 amide bonds. The molecular weight excluding hydrogens is 288 g/mol. The average molecular weight is 304 g/mol. The first kappa shape index (κ1) is 15.0. The standard InChI is InChI=1S/C16H16O2S2/c1-11-3-8-15(12(9-11)10-16(17)18)20-14-6-4-13(19-2)5-7-14/h3-9H,10H2,1-2H3,(H,17,18). The minimum Gasteiger partial charge on any atom is -0.481 e. The molecule has 20 heavy (non-hydrogen) atoms. The van der Waals surface area contributed by atoms with Crippen LogP contribution in [-0.4, -0.2) is 17.3 Å². The fraction of sp³-hybridized carbons (Fsp3) is 0.188. The molecule has 0 radical (unpaired) electrons. The van der Waals surface area contributed by atoms with Gasteiger partial charge in [-0.2, -0.15) is 0 Å². The fourth-order valence-electron chi connectivity index (χ4n) is 1.88. The van der Waals surface area contributed by atoms with Gasteiger partial charge in [0.25, 0.3) is 0 Å². The summed E-state index contributed by atoms with van der Waals surface area (Å²) in [7, 11) is 0. The van der Waals surface area contributed by atoms with Crippen LogP contribution in [0.4, 0.5) is 0 Å². The number of thioether (sulfide) groups is 1. The number of hydrogen-bond acceptors (Lipinski definition) is 3. The van der Waals surface area contributed by atoms with Gasteiger partial charge in [-0.25, -0.2) is 0 Å². The first-order chi connectivity index (χ1) is 9.58. The van der Waals surface area contributed by atoms with E-state index < -0.39 is 5.97 Å². The minimum atomic E-state index is -0.796. The molecule has 0 spiro atoms. The lowest BCUT2D eigenvalue weighted by Gasteiger charge is -2.09. The Morgan fingerprint density at radius 2 is 1.75 bits per heavy atom. The molecule has 0 saturated heterocycles. The summed E-state index contributed by atoms with van der Waals surface area (Å²) in [6.45, 7) is 1.98. The van der Waals surface area contributed by atoms with E-state index in [2.05, 4.69) is 24.3 Å². The third-order valence-corrected chi connectivity index (χ3v) is 4.71. The minimum absolute atomic E-state index is 0.0624. The maximum absolute atomic E-state index is 11.0. The smallest absolute Gasteiger partial charge is 0.307 e.